The second-order valence-electron chi connectivity index (χ2n) is 21.2. The van der Waals surface area contributed by atoms with E-state index in [2.05, 4.69) is 228 Å². The standard InChI is InChI=1S/C58H82N4OSi2/c1-35(2)47-25-21-26-48(36(3)4)55(47)59-43(17)33-44(18)60(56-49(37(5)6)27-22-28-50(56)38(7)8)64(59)63-65-61(57-51(39(9)10)29-23-30-52(57)40(11)12)45(19)34-46(20)62(65)58-53(41(13)14)31-24-32-54(58)42(15)16/h21-42,64-65H,17,19H2,1-16,18,20H3/t64-,65-/m0/s1. The molecule has 0 N–H and O–H groups in total. The molecule has 6 rings (SSSR count). The quantitative estimate of drug-likeness (QED) is 0.117. The van der Waals surface area contributed by atoms with Gasteiger partial charge in [0.2, 0.25) is 0 Å². The summed E-state index contributed by atoms with van der Waals surface area (Å²) < 4.78 is 19.4. The van der Waals surface area contributed by atoms with Crippen LogP contribution in [0.2, 0.25) is 0 Å². The molecule has 0 aromatic heterocycles. The summed E-state index contributed by atoms with van der Waals surface area (Å²) in [6.45, 7) is 52.0. The molecule has 2 heterocycles. The Labute approximate surface area is 399 Å². The van der Waals surface area contributed by atoms with Crippen LogP contribution in [0.5, 0.6) is 0 Å². The molecule has 0 fully saturated rings. The van der Waals surface area contributed by atoms with Crippen molar-refractivity contribution in [1.29, 1.82) is 0 Å². The Morgan fingerprint density at radius 1 is 0.338 bits per heavy atom. The SMILES string of the molecule is C=C1C=C(C)N(c2c(C(C)C)cccc2C(C)C)[Si@@H](O[Si@H]2N(c3c(C(C)C)cccc3C(C)C)C(=C)C=C(C)N2c2c(C(C)C)cccc2C(C)C)N1c1c(C(C)C)cccc1C(C)C. The van der Waals surface area contributed by atoms with Crippen LogP contribution in [0.1, 0.15) is 216 Å². The Bertz CT molecular complexity index is 2180. The van der Waals surface area contributed by atoms with Crippen LogP contribution in [0.3, 0.4) is 0 Å². The van der Waals surface area contributed by atoms with Gasteiger partial charge in [-0.2, -0.15) is 0 Å². The number of hydrogen-bond acceptors (Lipinski definition) is 5. The van der Waals surface area contributed by atoms with Crippen molar-refractivity contribution in [2.75, 3.05) is 18.3 Å². The van der Waals surface area contributed by atoms with Gasteiger partial charge in [-0.05, 0) is 118 Å². The zero-order valence-electron chi connectivity index (χ0n) is 43.5. The highest BCUT2D eigenvalue weighted by Crippen LogP contribution is 2.48. The predicted octanol–water partition coefficient (Wildman–Crippen LogP) is 16.3. The summed E-state index contributed by atoms with van der Waals surface area (Å²) in [7, 11) is -5.81. The minimum Gasteiger partial charge on any atom is -0.395 e. The number of hydrogen-bond donors (Lipinski definition) is 0. The monoisotopic (exact) mass is 907 g/mol. The predicted molar refractivity (Wildman–Crippen MR) is 290 cm³/mol. The number of anilines is 4. The molecule has 0 saturated heterocycles. The van der Waals surface area contributed by atoms with Crippen LogP contribution in [0.25, 0.3) is 0 Å². The molecule has 0 bridgehead atoms. The summed E-state index contributed by atoms with van der Waals surface area (Å²) in [5.74, 6) is 2.30. The van der Waals surface area contributed by atoms with E-state index in [9.17, 15) is 0 Å². The van der Waals surface area contributed by atoms with Gasteiger partial charge in [0.1, 0.15) is 0 Å². The zero-order valence-corrected chi connectivity index (χ0v) is 45.8. The first-order chi connectivity index (χ1) is 30.6. The summed E-state index contributed by atoms with van der Waals surface area (Å²) in [5.41, 5.74) is 20.1. The van der Waals surface area contributed by atoms with Crippen molar-refractivity contribution in [3.05, 3.63) is 165 Å². The van der Waals surface area contributed by atoms with Gasteiger partial charge in [0, 0.05) is 45.5 Å². The minimum atomic E-state index is -2.91. The van der Waals surface area contributed by atoms with Crippen molar-refractivity contribution in [3.63, 3.8) is 0 Å². The van der Waals surface area contributed by atoms with Crippen molar-refractivity contribution in [1.82, 2.24) is 0 Å². The van der Waals surface area contributed by atoms with Crippen LogP contribution in [0.4, 0.5) is 22.7 Å². The number of para-hydroxylation sites is 4. The van der Waals surface area contributed by atoms with Gasteiger partial charge in [0.05, 0.1) is 0 Å². The van der Waals surface area contributed by atoms with Gasteiger partial charge in [-0.1, -0.05) is 197 Å². The highest BCUT2D eigenvalue weighted by Gasteiger charge is 2.48. The highest BCUT2D eigenvalue weighted by molar-refractivity contribution is 6.76. The second kappa shape index (κ2) is 20.1. The Balaban J connectivity index is 1.83. The van der Waals surface area contributed by atoms with Gasteiger partial charge >= 0.3 is 18.7 Å². The number of rotatable bonds is 14. The van der Waals surface area contributed by atoms with E-state index in [0.717, 1.165) is 11.4 Å². The Morgan fingerprint density at radius 2 is 0.523 bits per heavy atom. The lowest BCUT2D eigenvalue weighted by molar-refractivity contribution is 0.558. The normalized spacial score (nSPS) is 17.4. The molecular formula is C58H82N4OSi2. The molecular weight excluding hydrogens is 825 g/mol. The molecule has 0 radical (unpaired) electrons. The third-order valence-electron chi connectivity index (χ3n) is 13.6. The third-order valence-corrected chi connectivity index (χ3v) is 19.8. The largest absolute Gasteiger partial charge is 0.403 e. The average molecular weight is 907 g/mol. The van der Waals surface area contributed by atoms with Crippen molar-refractivity contribution in [2.24, 2.45) is 0 Å². The fourth-order valence-corrected chi connectivity index (χ4v) is 17.1. The van der Waals surface area contributed by atoms with Gasteiger partial charge in [0.15, 0.2) is 0 Å². The van der Waals surface area contributed by atoms with E-state index in [1.165, 1.54) is 78.7 Å². The molecule has 5 nitrogen and oxygen atoms in total. The third kappa shape index (κ3) is 9.53. The summed E-state index contributed by atoms with van der Waals surface area (Å²) in [6.07, 6.45) is 4.65. The topological polar surface area (TPSA) is 22.2 Å². The van der Waals surface area contributed by atoms with Crippen molar-refractivity contribution >= 4 is 41.5 Å². The lowest BCUT2D eigenvalue weighted by Gasteiger charge is -2.52. The molecule has 7 heteroatoms. The van der Waals surface area contributed by atoms with Crippen LogP contribution in [-0.4, -0.2) is 18.7 Å². The summed E-state index contributed by atoms with van der Waals surface area (Å²) in [6, 6.07) is 27.8. The smallest absolute Gasteiger partial charge is 0.395 e. The van der Waals surface area contributed by atoms with Crippen LogP contribution in [-0.2, 0) is 4.12 Å². The summed E-state index contributed by atoms with van der Waals surface area (Å²) in [4.78, 5) is 0. The van der Waals surface area contributed by atoms with E-state index in [1.54, 1.807) is 0 Å². The molecule has 0 amide bonds. The molecule has 0 spiro atoms. The molecule has 65 heavy (non-hydrogen) atoms. The first-order valence-corrected chi connectivity index (χ1v) is 27.7. The molecule has 2 atom stereocenters. The number of nitrogens with zero attached hydrogens (tertiary/aromatic N) is 4. The van der Waals surface area contributed by atoms with Gasteiger partial charge in [0.25, 0.3) is 0 Å². The van der Waals surface area contributed by atoms with E-state index >= 15 is 0 Å². The van der Waals surface area contributed by atoms with Gasteiger partial charge in [-0.15, -0.1) is 0 Å². The maximum Gasteiger partial charge on any atom is 0.403 e. The first-order valence-electron chi connectivity index (χ1n) is 24.7. The maximum absolute atomic E-state index is 8.74. The van der Waals surface area contributed by atoms with Crippen molar-refractivity contribution in [3.8, 4) is 0 Å². The molecule has 0 unspecified atom stereocenters. The first kappa shape index (κ1) is 49.9. The lowest BCUT2D eigenvalue weighted by Crippen LogP contribution is -2.66. The number of allylic oxidation sites excluding steroid dienone is 4. The molecule has 2 aliphatic heterocycles. The summed E-state index contributed by atoms with van der Waals surface area (Å²) >= 11 is 0. The molecule has 0 saturated carbocycles. The van der Waals surface area contributed by atoms with Gasteiger partial charge in [-0.3, -0.25) is 0 Å². The van der Waals surface area contributed by atoms with E-state index < -0.39 is 18.7 Å². The Kier molecular flexibility index (Phi) is 15.4. The van der Waals surface area contributed by atoms with E-state index in [4.69, 9.17) is 17.3 Å². The van der Waals surface area contributed by atoms with Gasteiger partial charge in [-0.25, -0.2) is 0 Å². The molecule has 4 aromatic rings. The molecule has 0 aliphatic carbocycles. The van der Waals surface area contributed by atoms with Crippen LogP contribution < -0.4 is 18.3 Å². The fraction of sp³-hybridized carbons (Fsp3) is 0.448. The Hall–Kier alpha value is -4.57. The van der Waals surface area contributed by atoms with Gasteiger partial charge < -0.3 is 22.4 Å². The minimum absolute atomic E-state index is 0.281. The summed E-state index contributed by atoms with van der Waals surface area (Å²) in [5, 5.41) is 0. The van der Waals surface area contributed by atoms with E-state index in [-0.39, 0.29) is 23.7 Å². The van der Waals surface area contributed by atoms with E-state index in [0.29, 0.717) is 23.7 Å². The van der Waals surface area contributed by atoms with E-state index in [1.807, 2.05) is 0 Å². The maximum atomic E-state index is 8.74. The van der Waals surface area contributed by atoms with Crippen LogP contribution in [0.15, 0.2) is 121 Å². The lowest BCUT2D eigenvalue weighted by atomic mass is 9.92. The van der Waals surface area contributed by atoms with Crippen LogP contribution in [0, 0.1) is 0 Å². The average Bonchev–Trinajstić information content (AvgIpc) is 3.22. The molecule has 348 valence electrons. The molecule has 2 aliphatic rings. The van der Waals surface area contributed by atoms with Crippen LogP contribution >= 0.6 is 0 Å². The van der Waals surface area contributed by atoms with Crippen molar-refractivity contribution in [2.45, 2.75) is 172 Å². The highest BCUT2D eigenvalue weighted by atomic mass is 28.4. The molecule has 4 aromatic carbocycles. The van der Waals surface area contributed by atoms with Crippen molar-refractivity contribution < 1.29 is 4.12 Å². The zero-order chi connectivity index (χ0) is 47.9. The second-order valence-corrected chi connectivity index (χ2v) is 25.7. The Morgan fingerprint density at radius 3 is 0.708 bits per heavy atom. The fourth-order valence-electron chi connectivity index (χ4n) is 10.2. The number of benzene rings is 4.